The second kappa shape index (κ2) is 6.55. The van der Waals surface area contributed by atoms with Crippen LogP contribution in [0.2, 0.25) is 0 Å². The molecule has 0 atom stereocenters. The molecule has 0 heterocycles. The van der Waals surface area contributed by atoms with Gasteiger partial charge in [0.15, 0.2) is 0 Å². The van der Waals surface area contributed by atoms with Crippen LogP contribution >= 0.6 is 0 Å². The summed E-state index contributed by atoms with van der Waals surface area (Å²) in [5.74, 6) is -0.174. The Balaban J connectivity index is 3.09. The van der Waals surface area contributed by atoms with Crippen LogP contribution in [0.15, 0.2) is 29.8 Å². The highest BCUT2D eigenvalue weighted by molar-refractivity contribution is 5.91. The van der Waals surface area contributed by atoms with Gasteiger partial charge in [-0.05, 0) is 47.8 Å². The van der Waals surface area contributed by atoms with Gasteiger partial charge in [0.2, 0.25) is 5.91 Å². The number of allylic oxidation sites excluding steroid dienone is 1. The van der Waals surface area contributed by atoms with Gasteiger partial charge in [0.25, 0.3) is 0 Å². The van der Waals surface area contributed by atoms with E-state index >= 15 is 0 Å². The van der Waals surface area contributed by atoms with Gasteiger partial charge in [0.1, 0.15) is 5.75 Å². The van der Waals surface area contributed by atoms with Crippen molar-refractivity contribution in [3.63, 3.8) is 0 Å². The molecule has 0 saturated heterocycles. The molecule has 3 heteroatoms. The lowest BCUT2D eigenvalue weighted by molar-refractivity contribution is -0.114. The number of amides is 1. The minimum Gasteiger partial charge on any atom is -0.508 e. The number of rotatable bonds is 5. The number of carbonyl (C=O) groups is 1. The van der Waals surface area contributed by atoms with Crippen LogP contribution in [0.3, 0.4) is 0 Å². The fraction of sp³-hybridized carbons (Fsp3) is 0.526. The lowest BCUT2D eigenvalue weighted by Gasteiger charge is -2.33. The minimum atomic E-state index is -0.427. The van der Waals surface area contributed by atoms with Crippen LogP contribution in [0.4, 0.5) is 0 Å². The Bertz CT molecular complexity index is 578. The minimum absolute atomic E-state index is 0.0170. The predicted molar refractivity (Wildman–Crippen MR) is 91.9 cm³/mol. The number of phenols is 1. The number of hydrogen-bond acceptors (Lipinski definition) is 2. The van der Waals surface area contributed by atoms with Crippen molar-refractivity contribution in [2.24, 2.45) is 11.1 Å². The summed E-state index contributed by atoms with van der Waals surface area (Å²) in [5.41, 5.74) is 8.01. The molecule has 0 aliphatic rings. The van der Waals surface area contributed by atoms with Crippen molar-refractivity contribution in [2.45, 2.75) is 59.8 Å². The number of aromatic hydroxyl groups is 1. The molecular formula is C19H29NO2. The molecule has 3 N–H and O–H groups in total. The maximum absolute atomic E-state index is 11.1. The molecule has 0 bridgehead atoms. The van der Waals surface area contributed by atoms with E-state index in [1.807, 2.05) is 12.1 Å². The normalized spacial score (nSPS) is 13.3. The van der Waals surface area contributed by atoms with E-state index in [4.69, 9.17) is 5.73 Å². The summed E-state index contributed by atoms with van der Waals surface area (Å²) in [6, 6.07) is 5.75. The van der Waals surface area contributed by atoms with Crippen LogP contribution in [0.5, 0.6) is 5.75 Å². The molecule has 1 aromatic carbocycles. The van der Waals surface area contributed by atoms with Crippen molar-refractivity contribution in [3.05, 3.63) is 41.0 Å². The first kappa shape index (κ1) is 18.3. The SMILES string of the molecule is CC(=CCc1cc(C(C)(C)CC(C)(C)C)ccc1O)C(N)=O. The molecule has 1 aromatic rings. The molecule has 122 valence electrons. The van der Waals surface area contributed by atoms with E-state index in [1.54, 1.807) is 19.1 Å². The molecule has 0 aliphatic heterocycles. The highest BCUT2D eigenvalue weighted by atomic mass is 16.3. The molecule has 0 aliphatic carbocycles. The monoisotopic (exact) mass is 303 g/mol. The highest BCUT2D eigenvalue weighted by Crippen LogP contribution is 2.37. The first-order valence-electron chi connectivity index (χ1n) is 7.71. The maximum Gasteiger partial charge on any atom is 0.244 e. The van der Waals surface area contributed by atoms with Crippen LogP contribution in [-0.2, 0) is 16.6 Å². The Hall–Kier alpha value is -1.77. The predicted octanol–water partition coefficient (Wildman–Crippen LogP) is 4.08. The third-order valence-corrected chi connectivity index (χ3v) is 3.85. The van der Waals surface area contributed by atoms with Gasteiger partial charge in [-0.25, -0.2) is 0 Å². The third-order valence-electron chi connectivity index (χ3n) is 3.85. The van der Waals surface area contributed by atoms with Crippen molar-refractivity contribution in [3.8, 4) is 5.75 Å². The zero-order valence-electron chi connectivity index (χ0n) is 14.7. The average Bonchev–Trinajstić information content (AvgIpc) is 2.34. The van der Waals surface area contributed by atoms with E-state index in [2.05, 4.69) is 34.6 Å². The number of benzene rings is 1. The summed E-state index contributed by atoms with van der Waals surface area (Å²) in [6.07, 6.45) is 3.30. The third kappa shape index (κ3) is 5.21. The van der Waals surface area contributed by atoms with Crippen molar-refractivity contribution < 1.29 is 9.90 Å². The second-order valence-electron chi connectivity index (χ2n) is 7.92. The van der Waals surface area contributed by atoms with E-state index in [1.165, 1.54) is 5.56 Å². The van der Waals surface area contributed by atoms with Crippen molar-refractivity contribution in [1.82, 2.24) is 0 Å². The first-order chi connectivity index (χ1) is 9.92. The molecular weight excluding hydrogens is 274 g/mol. The largest absolute Gasteiger partial charge is 0.508 e. The van der Waals surface area contributed by atoms with Gasteiger partial charge in [0.05, 0.1) is 0 Å². The lowest BCUT2D eigenvalue weighted by atomic mass is 9.72. The molecule has 0 radical (unpaired) electrons. The highest BCUT2D eigenvalue weighted by Gasteiger charge is 2.27. The number of hydrogen-bond donors (Lipinski definition) is 2. The molecule has 0 spiro atoms. The Kier molecular flexibility index (Phi) is 5.44. The van der Waals surface area contributed by atoms with Crippen LogP contribution in [-0.4, -0.2) is 11.0 Å². The van der Waals surface area contributed by atoms with Gasteiger partial charge < -0.3 is 10.8 Å². The molecule has 0 saturated carbocycles. The van der Waals surface area contributed by atoms with Crippen molar-refractivity contribution in [1.29, 1.82) is 0 Å². The van der Waals surface area contributed by atoms with Crippen LogP contribution in [0.25, 0.3) is 0 Å². The fourth-order valence-electron chi connectivity index (χ4n) is 2.96. The molecule has 1 amide bonds. The van der Waals surface area contributed by atoms with Crippen LogP contribution in [0.1, 0.15) is 59.1 Å². The summed E-state index contributed by atoms with van der Waals surface area (Å²) in [4.78, 5) is 11.1. The molecule has 1 rings (SSSR count). The van der Waals surface area contributed by atoms with Crippen LogP contribution in [0, 0.1) is 5.41 Å². The molecule has 22 heavy (non-hydrogen) atoms. The van der Waals surface area contributed by atoms with Gasteiger partial charge in [-0.1, -0.05) is 52.8 Å². The van der Waals surface area contributed by atoms with Gasteiger partial charge >= 0.3 is 0 Å². The van der Waals surface area contributed by atoms with Gasteiger partial charge in [0, 0.05) is 5.57 Å². The van der Waals surface area contributed by atoms with E-state index in [0.29, 0.717) is 12.0 Å². The Labute approximate surface area is 134 Å². The molecule has 3 nitrogen and oxygen atoms in total. The summed E-state index contributed by atoms with van der Waals surface area (Å²) in [6.45, 7) is 12.8. The van der Waals surface area contributed by atoms with Crippen molar-refractivity contribution in [2.75, 3.05) is 0 Å². The van der Waals surface area contributed by atoms with E-state index in [-0.39, 0.29) is 16.6 Å². The van der Waals surface area contributed by atoms with E-state index in [0.717, 1.165) is 12.0 Å². The van der Waals surface area contributed by atoms with Gasteiger partial charge in [-0.3, -0.25) is 4.79 Å². The number of primary amides is 1. The fourth-order valence-corrected chi connectivity index (χ4v) is 2.96. The average molecular weight is 303 g/mol. The Morgan fingerprint density at radius 2 is 1.82 bits per heavy atom. The van der Waals surface area contributed by atoms with Gasteiger partial charge in [-0.15, -0.1) is 0 Å². The summed E-state index contributed by atoms with van der Waals surface area (Å²) < 4.78 is 0. The number of phenolic OH excluding ortho intramolecular Hbond substituents is 1. The van der Waals surface area contributed by atoms with E-state index in [9.17, 15) is 9.90 Å². The molecule has 0 unspecified atom stereocenters. The summed E-state index contributed by atoms with van der Waals surface area (Å²) in [7, 11) is 0. The number of nitrogens with two attached hydrogens (primary N) is 1. The van der Waals surface area contributed by atoms with E-state index < -0.39 is 5.91 Å². The first-order valence-corrected chi connectivity index (χ1v) is 7.71. The smallest absolute Gasteiger partial charge is 0.244 e. The summed E-state index contributed by atoms with van der Waals surface area (Å²) >= 11 is 0. The quantitative estimate of drug-likeness (QED) is 0.805. The number of carbonyl (C=O) groups excluding carboxylic acids is 1. The standard InChI is InChI=1S/C19H29NO2/c1-13(17(20)22)7-8-14-11-15(9-10-16(14)21)19(5,6)12-18(2,3)4/h7,9-11,21H,8,12H2,1-6H3,(H2,20,22). The maximum atomic E-state index is 11.1. The topological polar surface area (TPSA) is 63.3 Å². The summed E-state index contributed by atoms with van der Waals surface area (Å²) in [5, 5.41) is 10.0. The second-order valence-corrected chi connectivity index (χ2v) is 7.92. The lowest BCUT2D eigenvalue weighted by Crippen LogP contribution is -2.24. The molecule has 0 aromatic heterocycles. The molecule has 0 fully saturated rings. The Morgan fingerprint density at radius 1 is 1.23 bits per heavy atom. The van der Waals surface area contributed by atoms with Crippen LogP contribution < -0.4 is 5.73 Å². The zero-order chi connectivity index (χ0) is 17.1. The van der Waals surface area contributed by atoms with Gasteiger partial charge in [-0.2, -0.15) is 0 Å². The van der Waals surface area contributed by atoms with Crippen molar-refractivity contribution >= 4 is 5.91 Å². The zero-order valence-corrected chi connectivity index (χ0v) is 14.7. The Morgan fingerprint density at radius 3 is 2.32 bits per heavy atom.